The lowest BCUT2D eigenvalue weighted by molar-refractivity contribution is 0.660. The summed E-state index contributed by atoms with van der Waals surface area (Å²) < 4.78 is 6.49. The molecule has 0 amide bonds. The lowest BCUT2D eigenvalue weighted by Crippen LogP contribution is -2.31. The summed E-state index contributed by atoms with van der Waals surface area (Å²) in [5.41, 5.74) is 19.0. The molecule has 11 aromatic carbocycles. The third kappa shape index (κ3) is 6.41. The van der Waals surface area contributed by atoms with E-state index in [-0.39, 0.29) is 5.41 Å². The second-order valence-electron chi connectivity index (χ2n) is 19.1. The van der Waals surface area contributed by atoms with Gasteiger partial charge in [0.25, 0.3) is 0 Å². The van der Waals surface area contributed by atoms with E-state index >= 15 is 0 Å². The van der Waals surface area contributed by atoms with Gasteiger partial charge in [0.1, 0.15) is 11.2 Å². The standard InChI is InChI=1S/C68H49NO/c1-67(2)60-34-18-16-30-55(60)56-43-42-52(45-61(56)67)69(51-40-38-50(39-41-51)68(47-22-6-3-7-23-47,48-24-8-4-9-25-48)49-26-10-5-11-27-49)62-44-37-46-21-12-13-28-53(46)65(62)57-31-15-14-29-54(57)58-33-20-36-64-66(58)59-32-17-19-35-63(59)70-64/h3-45H,1-2H3. The molecule has 13 rings (SSSR count). The molecule has 0 N–H and O–H groups in total. The van der Waals surface area contributed by atoms with Gasteiger partial charge in [-0.05, 0) is 114 Å². The van der Waals surface area contributed by atoms with Gasteiger partial charge >= 0.3 is 0 Å². The zero-order valence-electron chi connectivity index (χ0n) is 39.2. The molecule has 0 saturated heterocycles. The van der Waals surface area contributed by atoms with Gasteiger partial charge in [0.2, 0.25) is 0 Å². The van der Waals surface area contributed by atoms with E-state index in [0.717, 1.165) is 61.3 Å². The van der Waals surface area contributed by atoms with Crippen LogP contribution in [0.15, 0.2) is 265 Å². The van der Waals surface area contributed by atoms with Crippen molar-refractivity contribution in [1.29, 1.82) is 0 Å². The van der Waals surface area contributed by atoms with Gasteiger partial charge in [0.05, 0.1) is 11.1 Å². The average Bonchev–Trinajstić information content (AvgIpc) is 3.92. The van der Waals surface area contributed by atoms with Crippen molar-refractivity contribution in [3.63, 3.8) is 0 Å². The molecular weight excluding hydrogens is 847 g/mol. The molecule has 0 spiro atoms. The molecule has 0 unspecified atom stereocenters. The molecule has 0 aliphatic heterocycles. The molecule has 0 radical (unpaired) electrons. The molecule has 70 heavy (non-hydrogen) atoms. The summed E-state index contributed by atoms with van der Waals surface area (Å²) in [6.07, 6.45) is 0. The van der Waals surface area contributed by atoms with Gasteiger partial charge in [-0.15, -0.1) is 0 Å². The maximum absolute atomic E-state index is 6.49. The Bertz CT molecular complexity index is 3810. The number of furan rings is 1. The first kappa shape index (κ1) is 41.5. The van der Waals surface area contributed by atoms with Gasteiger partial charge in [0, 0.05) is 33.1 Å². The molecule has 0 atom stereocenters. The first-order valence-corrected chi connectivity index (χ1v) is 24.3. The molecule has 12 aromatic rings. The van der Waals surface area contributed by atoms with Crippen LogP contribution in [0.5, 0.6) is 0 Å². The number of nitrogens with zero attached hydrogens (tertiary/aromatic N) is 1. The molecule has 2 nitrogen and oxygen atoms in total. The minimum Gasteiger partial charge on any atom is -0.456 e. The Kier molecular flexibility index (Phi) is 9.78. The highest BCUT2D eigenvalue weighted by molar-refractivity contribution is 6.16. The summed E-state index contributed by atoms with van der Waals surface area (Å²) in [4.78, 5) is 2.50. The van der Waals surface area contributed by atoms with Crippen LogP contribution in [0.3, 0.4) is 0 Å². The zero-order valence-corrected chi connectivity index (χ0v) is 39.2. The molecule has 2 heteroatoms. The summed E-state index contributed by atoms with van der Waals surface area (Å²) in [6.45, 7) is 4.74. The second-order valence-corrected chi connectivity index (χ2v) is 19.1. The lowest BCUT2D eigenvalue weighted by atomic mass is 9.65. The summed E-state index contributed by atoms with van der Waals surface area (Å²) in [5.74, 6) is 0. The number of hydrogen-bond donors (Lipinski definition) is 0. The Morgan fingerprint density at radius 2 is 0.871 bits per heavy atom. The van der Waals surface area contributed by atoms with Crippen molar-refractivity contribution < 1.29 is 4.42 Å². The molecule has 0 bridgehead atoms. The molecule has 0 fully saturated rings. The van der Waals surface area contributed by atoms with E-state index in [9.17, 15) is 0 Å². The third-order valence-corrected chi connectivity index (χ3v) is 15.0. The van der Waals surface area contributed by atoms with Crippen molar-refractivity contribution in [3.8, 4) is 33.4 Å². The first-order valence-electron chi connectivity index (χ1n) is 24.3. The van der Waals surface area contributed by atoms with Crippen LogP contribution >= 0.6 is 0 Å². The third-order valence-electron chi connectivity index (χ3n) is 15.0. The minimum absolute atomic E-state index is 0.191. The van der Waals surface area contributed by atoms with Gasteiger partial charge in [-0.3, -0.25) is 0 Å². The van der Waals surface area contributed by atoms with Gasteiger partial charge in [-0.2, -0.15) is 0 Å². The topological polar surface area (TPSA) is 16.4 Å². The molecular formula is C68H49NO. The Balaban J connectivity index is 1.08. The smallest absolute Gasteiger partial charge is 0.136 e. The van der Waals surface area contributed by atoms with Crippen LogP contribution in [0.25, 0.3) is 66.1 Å². The molecule has 1 heterocycles. The quantitative estimate of drug-likeness (QED) is 0.134. The van der Waals surface area contributed by atoms with E-state index in [1.165, 1.54) is 55.3 Å². The number of anilines is 3. The molecule has 1 aliphatic rings. The van der Waals surface area contributed by atoms with Crippen LogP contribution in [0.4, 0.5) is 17.1 Å². The summed E-state index contributed by atoms with van der Waals surface area (Å²) in [6, 6.07) is 95.7. The van der Waals surface area contributed by atoms with Gasteiger partial charge in [0.15, 0.2) is 0 Å². The largest absolute Gasteiger partial charge is 0.456 e. The fraction of sp³-hybridized carbons (Fsp3) is 0.0588. The average molecular weight is 896 g/mol. The summed E-state index contributed by atoms with van der Waals surface area (Å²) in [5, 5.41) is 4.60. The fourth-order valence-corrected chi connectivity index (χ4v) is 11.8. The number of benzene rings is 11. The van der Waals surface area contributed by atoms with E-state index in [1.54, 1.807) is 0 Å². The van der Waals surface area contributed by atoms with Crippen molar-refractivity contribution in [2.45, 2.75) is 24.7 Å². The molecule has 0 saturated carbocycles. The number of para-hydroxylation sites is 1. The van der Waals surface area contributed by atoms with Crippen molar-refractivity contribution in [3.05, 3.63) is 294 Å². The minimum atomic E-state index is -0.582. The highest BCUT2D eigenvalue weighted by Gasteiger charge is 2.39. The monoisotopic (exact) mass is 895 g/mol. The predicted octanol–water partition coefficient (Wildman–Crippen LogP) is 18.2. The second kappa shape index (κ2) is 16.5. The maximum Gasteiger partial charge on any atom is 0.136 e. The van der Waals surface area contributed by atoms with Crippen LogP contribution in [0.1, 0.15) is 47.2 Å². The Morgan fingerprint density at radius 1 is 0.357 bits per heavy atom. The summed E-state index contributed by atoms with van der Waals surface area (Å²) >= 11 is 0. The normalized spacial score (nSPS) is 12.8. The predicted molar refractivity (Wildman–Crippen MR) is 293 cm³/mol. The van der Waals surface area contributed by atoms with Crippen molar-refractivity contribution in [1.82, 2.24) is 0 Å². The van der Waals surface area contributed by atoms with Gasteiger partial charge in [-0.25, -0.2) is 0 Å². The van der Waals surface area contributed by atoms with E-state index in [4.69, 9.17) is 4.42 Å². The maximum atomic E-state index is 6.49. The van der Waals surface area contributed by atoms with Crippen LogP contribution in [-0.2, 0) is 10.8 Å². The zero-order chi connectivity index (χ0) is 46.8. The lowest BCUT2D eigenvalue weighted by Gasteiger charge is -2.37. The first-order chi connectivity index (χ1) is 34.5. The molecule has 332 valence electrons. The number of hydrogen-bond acceptors (Lipinski definition) is 2. The van der Waals surface area contributed by atoms with Crippen molar-refractivity contribution in [2.75, 3.05) is 4.90 Å². The van der Waals surface area contributed by atoms with E-state index in [0.29, 0.717) is 0 Å². The Labute approximate surface area is 409 Å². The Hall–Kier alpha value is -8.72. The van der Waals surface area contributed by atoms with Crippen LogP contribution in [0.2, 0.25) is 0 Å². The van der Waals surface area contributed by atoms with Crippen LogP contribution in [-0.4, -0.2) is 0 Å². The van der Waals surface area contributed by atoms with E-state index < -0.39 is 5.41 Å². The van der Waals surface area contributed by atoms with Crippen molar-refractivity contribution in [2.24, 2.45) is 0 Å². The van der Waals surface area contributed by atoms with Gasteiger partial charge in [-0.1, -0.05) is 232 Å². The highest BCUT2D eigenvalue weighted by atomic mass is 16.3. The van der Waals surface area contributed by atoms with E-state index in [1.807, 2.05) is 6.07 Å². The SMILES string of the molecule is CC1(C)c2ccccc2-c2ccc(N(c3ccc(C(c4ccccc4)(c4ccccc4)c4ccccc4)cc3)c3ccc4ccccc4c3-c3ccccc3-c3cccc4oc5ccccc5c34)cc21. The van der Waals surface area contributed by atoms with Crippen molar-refractivity contribution >= 4 is 49.8 Å². The molecule has 1 aromatic heterocycles. The Morgan fingerprint density at radius 3 is 1.57 bits per heavy atom. The van der Waals surface area contributed by atoms with Crippen LogP contribution in [0, 0.1) is 0 Å². The molecule has 1 aliphatic carbocycles. The van der Waals surface area contributed by atoms with Crippen LogP contribution < -0.4 is 4.90 Å². The summed E-state index contributed by atoms with van der Waals surface area (Å²) in [7, 11) is 0. The van der Waals surface area contributed by atoms with Gasteiger partial charge < -0.3 is 9.32 Å². The number of rotatable bonds is 9. The fourth-order valence-electron chi connectivity index (χ4n) is 11.8. The highest BCUT2D eigenvalue weighted by Crippen LogP contribution is 2.54. The van der Waals surface area contributed by atoms with E-state index in [2.05, 4.69) is 274 Å². The number of fused-ring (bicyclic) bond motifs is 7.